The number of hydrogen-bond donors (Lipinski definition) is 2. The van der Waals surface area contributed by atoms with Crippen LogP contribution in [0.15, 0.2) is 36.7 Å². The van der Waals surface area contributed by atoms with Crippen LogP contribution in [0.5, 0.6) is 5.75 Å². The van der Waals surface area contributed by atoms with Gasteiger partial charge in [-0.1, -0.05) is 18.2 Å². The molecule has 2 rings (SSSR count). The number of hydrogen-bond acceptors (Lipinski definition) is 4. The molecule has 0 aliphatic heterocycles. The zero-order valence-corrected chi connectivity index (χ0v) is 11.2. The first-order chi connectivity index (χ1) is 9.79. The molecule has 104 valence electrons. The summed E-state index contributed by atoms with van der Waals surface area (Å²) < 4.78 is 5.48. The van der Waals surface area contributed by atoms with Gasteiger partial charge < -0.3 is 10.1 Å². The van der Waals surface area contributed by atoms with E-state index in [-0.39, 0.29) is 5.91 Å². The van der Waals surface area contributed by atoms with Crippen molar-refractivity contribution in [3.8, 4) is 5.75 Å². The van der Waals surface area contributed by atoms with E-state index in [0.29, 0.717) is 19.0 Å². The third-order valence-electron chi connectivity index (χ3n) is 2.53. The number of benzene rings is 1. The van der Waals surface area contributed by atoms with Crippen LogP contribution < -0.4 is 10.1 Å². The van der Waals surface area contributed by atoms with Crippen molar-refractivity contribution in [1.29, 1.82) is 0 Å². The normalized spacial score (nSPS) is 10.7. The standard InChI is InChI=1S/C14H16N4O2/c1-2-20-12-6-4-3-5-11(12)7-8-14(19)15-9-13-16-10-17-18-13/h3-8,10H,2,9H2,1H3,(H,15,19)(H,16,17,18)/b8-7+. The monoisotopic (exact) mass is 272 g/mol. The lowest BCUT2D eigenvalue weighted by atomic mass is 10.2. The molecule has 0 aliphatic carbocycles. The largest absolute Gasteiger partial charge is 0.493 e. The highest BCUT2D eigenvalue weighted by Crippen LogP contribution is 2.19. The van der Waals surface area contributed by atoms with Gasteiger partial charge in [-0.25, -0.2) is 4.98 Å². The first-order valence-corrected chi connectivity index (χ1v) is 6.31. The molecule has 0 spiro atoms. The summed E-state index contributed by atoms with van der Waals surface area (Å²) >= 11 is 0. The van der Waals surface area contributed by atoms with Gasteiger partial charge in [0.25, 0.3) is 0 Å². The number of para-hydroxylation sites is 1. The lowest BCUT2D eigenvalue weighted by Gasteiger charge is -2.06. The molecule has 0 saturated heterocycles. The summed E-state index contributed by atoms with van der Waals surface area (Å²) in [6.45, 7) is 2.82. The molecule has 2 N–H and O–H groups in total. The molecule has 0 bridgehead atoms. The van der Waals surface area contributed by atoms with Crippen molar-refractivity contribution in [2.45, 2.75) is 13.5 Å². The molecule has 0 radical (unpaired) electrons. The number of ether oxygens (including phenoxy) is 1. The van der Waals surface area contributed by atoms with Crippen molar-refractivity contribution in [3.05, 3.63) is 48.1 Å². The number of carbonyl (C=O) groups is 1. The molecule has 0 saturated carbocycles. The van der Waals surface area contributed by atoms with E-state index in [1.165, 1.54) is 12.4 Å². The highest BCUT2D eigenvalue weighted by Gasteiger charge is 2.01. The molecule has 1 heterocycles. The topological polar surface area (TPSA) is 79.9 Å². The van der Waals surface area contributed by atoms with Gasteiger partial charge in [0.15, 0.2) is 0 Å². The Labute approximate surface area is 116 Å². The van der Waals surface area contributed by atoms with Crippen LogP contribution in [0.2, 0.25) is 0 Å². The lowest BCUT2D eigenvalue weighted by Crippen LogP contribution is -2.20. The SMILES string of the molecule is CCOc1ccccc1/C=C/C(=O)NCc1ncn[nH]1. The van der Waals surface area contributed by atoms with E-state index >= 15 is 0 Å². The van der Waals surface area contributed by atoms with E-state index in [0.717, 1.165) is 11.3 Å². The van der Waals surface area contributed by atoms with Crippen LogP contribution >= 0.6 is 0 Å². The van der Waals surface area contributed by atoms with Gasteiger partial charge in [-0.05, 0) is 19.1 Å². The van der Waals surface area contributed by atoms with Gasteiger partial charge in [-0.3, -0.25) is 9.89 Å². The maximum atomic E-state index is 11.7. The maximum absolute atomic E-state index is 11.7. The third kappa shape index (κ3) is 3.94. The molecule has 6 heteroatoms. The Morgan fingerprint density at radius 1 is 1.45 bits per heavy atom. The Hall–Kier alpha value is -2.63. The quantitative estimate of drug-likeness (QED) is 0.782. The Kier molecular flexibility index (Phi) is 4.88. The number of rotatable bonds is 6. The van der Waals surface area contributed by atoms with Crippen molar-refractivity contribution in [2.75, 3.05) is 6.61 Å². The summed E-state index contributed by atoms with van der Waals surface area (Å²) in [5, 5.41) is 9.08. The van der Waals surface area contributed by atoms with Crippen LogP contribution in [0.3, 0.4) is 0 Å². The Bertz CT molecular complexity index is 579. The molecule has 1 aromatic heterocycles. The van der Waals surface area contributed by atoms with Gasteiger partial charge in [0.05, 0.1) is 13.2 Å². The van der Waals surface area contributed by atoms with E-state index in [1.54, 1.807) is 6.08 Å². The van der Waals surface area contributed by atoms with Crippen LogP contribution in [0.1, 0.15) is 18.3 Å². The second-order valence-corrected chi connectivity index (χ2v) is 3.95. The molecule has 2 aromatic rings. The fourth-order valence-corrected chi connectivity index (χ4v) is 1.62. The van der Waals surface area contributed by atoms with Gasteiger partial charge in [0.1, 0.15) is 17.9 Å². The zero-order chi connectivity index (χ0) is 14.2. The summed E-state index contributed by atoms with van der Waals surface area (Å²) in [6.07, 6.45) is 4.59. The number of nitrogens with one attached hydrogen (secondary N) is 2. The predicted molar refractivity (Wildman–Crippen MR) is 74.9 cm³/mol. The van der Waals surface area contributed by atoms with Crippen LogP contribution in [0.25, 0.3) is 6.08 Å². The van der Waals surface area contributed by atoms with Crippen LogP contribution in [-0.4, -0.2) is 27.7 Å². The number of H-pyrrole nitrogens is 1. The fourth-order valence-electron chi connectivity index (χ4n) is 1.62. The minimum absolute atomic E-state index is 0.201. The van der Waals surface area contributed by atoms with E-state index < -0.39 is 0 Å². The molecule has 0 aliphatic rings. The van der Waals surface area contributed by atoms with Crippen molar-refractivity contribution in [2.24, 2.45) is 0 Å². The molecular weight excluding hydrogens is 256 g/mol. The van der Waals surface area contributed by atoms with Crippen molar-refractivity contribution in [3.63, 3.8) is 0 Å². The number of aromatic nitrogens is 3. The molecular formula is C14H16N4O2. The Balaban J connectivity index is 1.93. The Morgan fingerprint density at radius 3 is 3.05 bits per heavy atom. The number of nitrogens with zero attached hydrogens (tertiary/aromatic N) is 2. The zero-order valence-electron chi connectivity index (χ0n) is 11.2. The summed E-state index contributed by atoms with van der Waals surface area (Å²) in [7, 11) is 0. The smallest absolute Gasteiger partial charge is 0.244 e. The summed E-state index contributed by atoms with van der Waals surface area (Å²) in [4.78, 5) is 15.6. The van der Waals surface area contributed by atoms with Crippen LogP contribution in [0, 0.1) is 0 Å². The van der Waals surface area contributed by atoms with Gasteiger partial charge >= 0.3 is 0 Å². The second kappa shape index (κ2) is 7.08. The van der Waals surface area contributed by atoms with Crippen molar-refractivity contribution >= 4 is 12.0 Å². The molecule has 1 aromatic carbocycles. The number of carbonyl (C=O) groups excluding carboxylic acids is 1. The highest BCUT2D eigenvalue weighted by atomic mass is 16.5. The first-order valence-electron chi connectivity index (χ1n) is 6.31. The molecule has 0 unspecified atom stereocenters. The van der Waals surface area contributed by atoms with Gasteiger partial charge in [-0.15, -0.1) is 0 Å². The minimum atomic E-state index is -0.201. The van der Waals surface area contributed by atoms with E-state index in [1.807, 2.05) is 31.2 Å². The van der Waals surface area contributed by atoms with Crippen LogP contribution in [0.4, 0.5) is 0 Å². The highest BCUT2D eigenvalue weighted by molar-refractivity contribution is 5.92. The third-order valence-corrected chi connectivity index (χ3v) is 2.53. The predicted octanol–water partition coefficient (Wildman–Crippen LogP) is 1.53. The summed E-state index contributed by atoms with van der Waals surface area (Å²) in [6, 6.07) is 7.56. The van der Waals surface area contributed by atoms with E-state index in [2.05, 4.69) is 20.5 Å². The molecule has 0 fully saturated rings. The van der Waals surface area contributed by atoms with Crippen molar-refractivity contribution in [1.82, 2.24) is 20.5 Å². The molecule has 1 amide bonds. The molecule has 20 heavy (non-hydrogen) atoms. The second-order valence-electron chi connectivity index (χ2n) is 3.95. The van der Waals surface area contributed by atoms with Gasteiger partial charge in [0, 0.05) is 11.6 Å². The molecule has 0 atom stereocenters. The lowest BCUT2D eigenvalue weighted by molar-refractivity contribution is -0.116. The summed E-state index contributed by atoms with van der Waals surface area (Å²) in [5.41, 5.74) is 0.865. The number of aromatic amines is 1. The van der Waals surface area contributed by atoms with Gasteiger partial charge in [-0.2, -0.15) is 5.10 Å². The van der Waals surface area contributed by atoms with Crippen molar-refractivity contribution < 1.29 is 9.53 Å². The minimum Gasteiger partial charge on any atom is -0.493 e. The Morgan fingerprint density at radius 2 is 2.30 bits per heavy atom. The maximum Gasteiger partial charge on any atom is 0.244 e. The molecule has 6 nitrogen and oxygen atoms in total. The van der Waals surface area contributed by atoms with Gasteiger partial charge in [0.2, 0.25) is 5.91 Å². The average molecular weight is 272 g/mol. The van der Waals surface area contributed by atoms with Crippen LogP contribution in [-0.2, 0) is 11.3 Å². The average Bonchev–Trinajstić information content (AvgIpc) is 2.98. The summed E-state index contributed by atoms with van der Waals surface area (Å²) in [5.74, 6) is 1.17. The first kappa shape index (κ1) is 13.8. The van der Waals surface area contributed by atoms with E-state index in [4.69, 9.17) is 4.74 Å². The fraction of sp³-hybridized carbons (Fsp3) is 0.214. The number of amides is 1. The van der Waals surface area contributed by atoms with E-state index in [9.17, 15) is 4.79 Å².